The molecule has 2 rings (SSSR count). The van der Waals surface area contributed by atoms with Crippen molar-refractivity contribution in [3.8, 4) is 0 Å². The minimum absolute atomic E-state index is 0.0477. The second kappa shape index (κ2) is 8.33. The number of aryl methyl sites for hydroxylation is 1. The van der Waals surface area contributed by atoms with Crippen molar-refractivity contribution in [2.45, 2.75) is 49.5 Å². The van der Waals surface area contributed by atoms with E-state index in [0.717, 1.165) is 6.07 Å². The van der Waals surface area contributed by atoms with E-state index in [1.807, 2.05) is 13.8 Å². The van der Waals surface area contributed by atoms with Crippen LogP contribution in [0.3, 0.4) is 0 Å². The normalized spacial score (nSPS) is 22.8. The minimum Gasteiger partial charge on any atom is -0.379 e. The number of hydrogen-bond donors (Lipinski definition) is 1. The summed E-state index contributed by atoms with van der Waals surface area (Å²) in [5, 5.41) is 1.97. The largest absolute Gasteiger partial charge is 0.379 e. The van der Waals surface area contributed by atoms with Gasteiger partial charge in [-0.05, 0) is 57.5 Å². The Kier molecular flexibility index (Phi) is 6.81. The summed E-state index contributed by atoms with van der Waals surface area (Å²) in [7, 11) is -7.35. The Bertz CT molecular complexity index is 837. The third kappa shape index (κ3) is 5.25. The Morgan fingerprint density at radius 2 is 2.00 bits per heavy atom. The molecule has 1 aliphatic heterocycles. The van der Waals surface area contributed by atoms with Crippen LogP contribution in [0.25, 0.3) is 0 Å². The van der Waals surface area contributed by atoms with E-state index in [2.05, 4.69) is 5.32 Å². The summed E-state index contributed by atoms with van der Waals surface area (Å²) in [6, 6.07) is 2.85. The predicted octanol–water partition coefficient (Wildman–Crippen LogP) is 1.48. The van der Waals surface area contributed by atoms with E-state index in [1.165, 1.54) is 19.1 Å². The molecule has 0 aliphatic carbocycles. The van der Waals surface area contributed by atoms with Crippen molar-refractivity contribution in [2.75, 3.05) is 24.7 Å². The first-order valence-corrected chi connectivity index (χ1v) is 11.9. The number of nitrogens with one attached hydrogen (secondary N) is 1. The van der Waals surface area contributed by atoms with Gasteiger partial charge in [0.2, 0.25) is 0 Å². The molecule has 0 unspecified atom stereocenters. The average Bonchev–Trinajstić information content (AvgIpc) is 2.85. The van der Waals surface area contributed by atoms with Crippen molar-refractivity contribution in [3.05, 3.63) is 29.6 Å². The molecule has 0 saturated carbocycles. The molecule has 26 heavy (non-hydrogen) atoms. The molecule has 2 atom stereocenters. The monoisotopic (exact) mass is 407 g/mol. The van der Waals surface area contributed by atoms with Crippen LogP contribution in [-0.4, -0.2) is 58.9 Å². The summed E-state index contributed by atoms with van der Waals surface area (Å²) in [5.74, 6) is -1.14. The van der Waals surface area contributed by atoms with Crippen molar-refractivity contribution in [3.63, 3.8) is 0 Å². The summed E-state index contributed by atoms with van der Waals surface area (Å²) in [4.78, 5) is -0.0477. The third-order valence-corrected chi connectivity index (χ3v) is 8.48. The SMILES string of the molecule is Cc1cc(S(=O)(=O)[C@H]2CS(=O)(=O)C[C@@H]2NCCCOC(C)C)ccc1F. The van der Waals surface area contributed by atoms with E-state index in [-0.39, 0.29) is 22.3 Å². The highest BCUT2D eigenvalue weighted by atomic mass is 32.2. The van der Waals surface area contributed by atoms with Gasteiger partial charge in [0.05, 0.1) is 27.8 Å². The van der Waals surface area contributed by atoms with Gasteiger partial charge in [-0.3, -0.25) is 0 Å². The molecule has 0 aromatic heterocycles. The van der Waals surface area contributed by atoms with Gasteiger partial charge in [0.25, 0.3) is 0 Å². The predicted molar refractivity (Wildman–Crippen MR) is 98.3 cm³/mol. The zero-order chi connectivity index (χ0) is 19.5. The van der Waals surface area contributed by atoms with E-state index in [9.17, 15) is 21.2 Å². The summed E-state index contributed by atoms with van der Waals surface area (Å²) in [5.41, 5.74) is 0.210. The Labute approximate surface area is 155 Å². The molecule has 0 bridgehead atoms. The van der Waals surface area contributed by atoms with Crippen LogP contribution in [0, 0.1) is 12.7 Å². The smallest absolute Gasteiger partial charge is 0.183 e. The van der Waals surface area contributed by atoms with E-state index < -0.39 is 42.5 Å². The van der Waals surface area contributed by atoms with Crippen LogP contribution in [-0.2, 0) is 24.4 Å². The van der Waals surface area contributed by atoms with E-state index in [0.29, 0.717) is 19.6 Å². The van der Waals surface area contributed by atoms with Crippen LogP contribution in [0.4, 0.5) is 4.39 Å². The summed E-state index contributed by atoms with van der Waals surface area (Å²) < 4.78 is 68.8. The lowest BCUT2D eigenvalue weighted by molar-refractivity contribution is 0.0768. The fourth-order valence-corrected chi connectivity index (χ4v) is 7.76. The van der Waals surface area contributed by atoms with Gasteiger partial charge in [-0.15, -0.1) is 0 Å². The van der Waals surface area contributed by atoms with Crippen molar-refractivity contribution >= 4 is 19.7 Å². The number of ether oxygens (including phenoxy) is 1. The molecule has 0 amide bonds. The van der Waals surface area contributed by atoms with Crippen molar-refractivity contribution < 1.29 is 26.0 Å². The Hall–Kier alpha value is -1.03. The fourth-order valence-electron chi connectivity index (χ4n) is 2.96. The van der Waals surface area contributed by atoms with Gasteiger partial charge in [-0.1, -0.05) is 0 Å². The van der Waals surface area contributed by atoms with Crippen molar-refractivity contribution in [1.29, 1.82) is 0 Å². The molecule has 1 aromatic rings. The molecule has 1 fully saturated rings. The van der Waals surface area contributed by atoms with Crippen LogP contribution in [0.2, 0.25) is 0 Å². The molecular formula is C17H26FNO5S2. The van der Waals surface area contributed by atoms with Crippen LogP contribution < -0.4 is 5.32 Å². The van der Waals surface area contributed by atoms with Gasteiger partial charge in [0.1, 0.15) is 5.82 Å². The molecule has 1 aromatic carbocycles. The van der Waals surface area contributed by atoms with Gasteiger partial charge < -0.3 is 10.1 Å². The molecule has 148 valence electrons. The average molecular weight is 408 g/mol. The lowest BCUT2D eigenvalue weighted by Crippen LogP contribution is -2.43. The molecule has 0 radical (unpaired) electrons. The maximum absolute atomic E-state index is 13.4. The second-order valence-corrected chi connectivity index (χ2v) is 11.2. The minimum atomic E-state index is -3.89. The summed E-state index contributed by atoms with van der Waals surface area (Å²) >= 11 is 0. The Balaban J connectivity index is 2.14. The maximum atomic E-state index is 13.4. The molecular weight excluding hydrogens is 381 g/mol. The number of sulfone groups is 2. The lowest BCUT2D eigenvalue weighted by Gasteiger charge is -2.20. The first-order chi connectivity index (χ1) is 12.0. The first-order valence-electron chi connectivity index (χ1n) is 8.58. The summed E-state index contributed by atoms with van der Waals surface area (Å²) in [6.07, 6.45) is 0.758. The quantitative estimate of drug-likeness (QED) is 0.519. The molecule has 1 saturated heterocycles. The highest BCUT2D eigenvalue weighted by molar-refractivity contribution is 7.96. The topological polar surface area (TPSA) is 89.5 Å². The number of halogens is 1. The molecule has 1 heterocycles. The van der Waals surface area contributed by atoms with Gasteiger partial charge in [-0.2, -0.15) is 0 Å². The standard InChI is InChI=1S/C17H26FNO5S2/c1-12(2)24-8-4-7-19-16-10-25(20,21)11-17(16)26(22,23)14-5-6-15(18)13(3)9-14/h5-6,9,12,16-17,19H,4,7-8,10-11H2,1-3H3/t16-,17-/m0/s1. The van der Waals surface area contributed by atoms with E-state index in [4.69, 9.17) is 4.74 Å². The molecule has 6 nitrogen and oxygen atoms in total. The van der Waals surface area contributed by atoms with Crippen LogP contribution >= 0.6 is 0 Å². The highest BCUT2D eigenvalue weighted by Gasteiger charge is 2.45. The van der Waals surface area contributed by atoms with Gasteiger partial charge >= 0.3 is 0 Å². The zero-order valence-electron chi connectivity index (χ0n) is 15.2. The van der Waals surface area contributed by atoms with Gasteiger partial charge in [-0.25, -0.2) is 21.2 Å². The van der Waals surface area contributed by atoms with Crippen molar-refractivity contribution in [1.82, 2.24) is 5.32 Å². The van der Waals surface area contributed by atoms with Gasteiger partial charge in [0, 0.05) is 12.6 Å². The Morgan fingerprint density at radius 1 is 1.31 bits per heavy atom. The van der Waals surface area contributed by atoms with E-state index >= 15 is 0 Å². The zero-order valence-corrected chi connectivity index (χ0v) is 16.9. The van der Waals surface area contributed by atoms with Gasteiger partial charge in [0.15, 0.2) is 19.7 Å². The highest BCUT2D eigenvalue weighted by Crippen LogP contribution is 2.27. The second-order valence-electron chi connectivity index (χ2n) is 6.91. The third-order valence-electron chi connectivity index (χ3n) is 4.34. The van der Waals surface area contributed by atoms with Crippen molar-refractivity contribution in [2.24, 2.45) is 0 Å². The maximum Gasteiger partial charge on any atom is 0.183 e. The molecule has 1 aliphatic rings. The summed E-state index contributed by atoms with van der Waals surface area (Å²) in [6.45, 7) is 6.29. The molecule has 0 spiro atoms. The molecule has 9 heteroatoms. The van der Waals surface area contributed by atoms with E-state index in [1.54, 1.807) is 0 Å². The number of rotatable bonds is 8. The lowest BCUT2D eigenvalue weighted by atomic mass is 10.2. The van der Waals surface area contributed by atoms with Crippen LogP contribution in [0.5, 0.6) is 0 Å². The van der Waals surface area contributed by atoms with Crippen LogP contribution in [0.1, 0.15) is 25.8 Å². The number of benzene rings is 1. The van der Waals surface area contributed by atoms with Crippen LogP contribution in [0.15, 0.2) is 23.1 Å². The number of hydrogen-bond acceptors (Lipinski definition) is 6. The Morgan fingerprint density at radius 3 is 2.62 bits per heavy atom. The fraction of sp³-hybridized carbons (Fsp3) is 0.647. The first kappa shape index (κ1) is 21.3. The molecule has 1 N–H and O–H groups in total.